The highest BCUT2D eigenvalue weighted by Crippen LogP contribution is 2.39. The summed E-state index contributed by atoms with van der Waals surface area (Å²) in [5, 5.41) is 0. The van der Waals surface area contributed by atoms with E-state index >= 15 is 0 Å². The minimum Gasteiger partial charge on any atom is -0.497 e. The summed E-state index contributed by atoms with van der Waals surface area (Å²) in [6.07, 6.45) is 4.61. The first-order valence-corrected chi connectivity index (χ1v) is 11.0. The number of amides is 1. The molecule has 2 aliphatic rings. The van der Waals surface area contributed by atoms with Crippen molar-refractivity contribution in [3.05, 3.63) is 62.7 Å². The lowest BCUT2D eigenvalue weighted by Gasteiger charge is -2.40. The fraction of sp³-hybridized carbons (Fsp3) is 0.522. The van der Waals surface area contributed by atoms with E-state index in [0.717, 1.165) is 32.4 Å². The average Bonchev–Trinajstić information content (AvgIpc) is 3.17. The molecule has 0 aliphatic carbocycles. The van der Waals surface area contributed by atoms with Crippen molar-refractivity contribution in [1.29, 1.82) is 0 Å². The Morgan fingerprint density at radius 1 is 1.19 bits per heavy atom. The van der Waals surface area contributed by atoms with Gasteiger partial charge < -0.3 is 14.2 Å². The highest BCUT2D eigenvalue weighted by atomic mass is 19.1. The molecule has 8 nitrogen and oxygen atoms in total. The molecule has 1 aromatic heterocycles. The molecule has 2 aliphatic heterocycles. The molecule has 3 heterocycles. The van der Waals surface area contributed by atoms with Crippen LogP contribution < -0.4 is 16.0 Å². The number of nitrogens with zero attached hydrogens (tertiary/aromatic N) is 3. The van der Waals surface area contributed by atoms with Gasteiger partial charge in [0, 0.05) is 62.4 Å². The summed E-state index contributed by atoms with van der Waals surface area (Å²) < 4.78 is 20.9. The van der Waals surface area contributed by atoms with Crippen LogP contribution in [0.3, 0.4) is 0 Å². The Kier molecular flexibility index (Phi) is 6.45. The van der Waals surface area contributed by atoms with Crippen molar-refractivity contribution >= 4 is 5.91 Å². The smallest absolute Gasteiger partial charge is 0.328 e. The van der Waals surface area contributed by atoms with Crippen LogP contribution in [0.5, 0.6) is 5.75 Å². The Labute approximate surface area is 185 Å². The first-order chi connectivity index (χ1) is 15.4. The number of hydrogen-bond donors (Lipinski definition) is 1. The van der Waals surface area contributed by atoms with Gasteiger partial charge in [-0.1, -0.05) is 0 Å². The van der Waals surface area contributed by atoms with E-state index in [9.17, 15) is 18.8 Å². The minimum absolute atomic E-state index is 0.0101. The monoisotopic (exact) mass is 444 g/mol. The molecule has 0 bridgehead atoms. The lowest BCUT2D eigenvalue weighted by Crippen LogP contribution is -2.45. The Morgan fingerprint density at radius 3 is 2.81 bits per heavy atom. The number of methoxy groups -OCH3 is 1. The molecular formula is C23H29FN4O4. The van der Waals surface area contributed by atoms with Gasteiger partial charge in [-0.3, -0.25) is 19.5 Å². The number of benzene rings is 1. The van der Waals surface area contributed by atoms with Gasteiger partial charge >= 0.3 is 5.69 Å². The quantitative estimate of drug-likeness (QED) is 0.731. The van der Waals surface area contributed by atoms with Gasteiger partial charge in [0.1, 0.15) is 11.6 Å². The van der Waals surface area contributed by atoms with Gasteiger partial charge in [0.25, 0.3) is 5.56 Å². The van der Waals surface area contributed by atoms with Crippen LogP contribution in [-0.4, -0.2) is 58.5 Å². The zero-order chi connectivity index (χ0) is 22.7. The van der Waals surface area contributed by atoms with Crippen LogP contribution in [-0.2, 0) is 17.9 Å². The molecule has 0 radical (unpaired) electrons. The van der Waals surface area contributed by atoms with E-state index in [1.165, 1.54) is 22.9 Å². The number of aromatic nitrogens is 2. The largest absolute Gasteiger partial charge is 0.497 e. The van der Waals surface area contributed by atoms with Crippen LogP contribution in [0.2, 0.25) is 0 Å². The second-order valence-electron chi connectivity index (χ2n) is 8.89. The number of rotatable bonds is 6. The molecule has 4 rings (SSSR count). The molecule has 1 spiro atoms. The standard InChI is InChI=1S/C23H29FN4O4/c1-32-18-3-4-19(24)17(13-18)14-26-9-2-7-23(15-26)8-12-28(16-23)21(30)6-11-27-10-5-20(29)25-22(27)31/h3-5,10,13H,2,6-9,11-12,14-16H2,1H3,(H,25,29,31). The summed E-state index contributed by atoms with van der Waals surface area (Å²) in [4.78, 5) is 42.1. The molecule has 1 unspecified atom stereocenters. The number of H-pyrrole nitrogens is 1. The maximum atomic E-state index is 14.3. The Bertz CT molecular complexity index is 1100. The first kappa shape index (κ1) is 22.3. The van der Waals surface area contributed by atoms with Crippen LogP contribution in [0.25, 0.3) is 0 Å². The second kappa shape index (κ2) is 9.28. The number of halogens is 1. The Balaban J connectivity index is 1.35. The number of carbonyl (C=O) groups is 1. The van der Waals surface area contributed by atoms with Gasteiger partial charge in [-0.25, -0.2) is 9.18 Å². The summed E-state index contributed by atoms with van der Waals surface area (Å²) in [6, 6.07) is 6.09. The molecule has 1 N–H and O–H groups in total. The lowest BCUT2D eigenvalue weighted by molar-refractivity contribution is -0.131. The van der Waals surface area contributed by atoms with Crippen LogP contribution in [0.15, 0.2) is 40.1 Å². The van der Waals surface area contributed by atoms with Crippen molar-refractivity contribution in [3.8, 4) is 5.75 Å². The zero-order valence-corrected chi connectivity index (χ0v) is 18.3. The summed E-state index contributed by atoms with van der Waals surface area (Å²) >= 11 is 0. The molecule has 32 heavy (non-hydrogen) atoms. The van der Waals surface area contributed by atoms with E-state index < -0.39 is 11.2 Å². The Morgan fingerprint density at radius 2 is 2.03 bits per heavy atom. The first-order valence-electron chi connectivity index (χ1n) is 11.0. The van der Waals surface area contributed by atoms with Gasteiger partial charge in [-0.2, -0.15) is 0 Å². The predicted octanol–water partition coefficient (Wildman–Crippen LogP) is 1.59. The summed E-state index contributed by atoms with van der Waals surface area (Å²) in [7, 11) is 1.57. The van der Waals surface area contributed by atoms with E-state index in [0.29, 0.717) is 30.9 Å². The molecular weight excluding hydrogens is 415 g/mol. The molecule has 2 saturated heterocycles. The van der Waals surface area contributed by atoms with Crippen molar-refractivity contribution in [1.82, 2.24) is 19.4 Å². The number of aryl methyl sites for hydroxylation is 1. The third kappa shape index (κ3) is 4.93. The number of likely N-dealkylation sites (tertiary alicyclic amines) is 2. The molecule has 1 amide bonds. The maximum Gasteiger partial charge on any atom is 0.328 e. The third-order valence-electron chi connectivity index (χ3n) is 6.64. The van der Waals surface area contributed by atoms with Gasteiger partial charge in [0.05, 0.1) is 7.11 Å². The van der Waals surface area contributed by atoms with Crippen molar-refractivity contribution in [2.75, 3.05) is 33.3 Å². The fourth-order valence-corrected chi connectivity index (χ4v) is 4.96. The van der Waals surface area contributed by atoms with E-state index in [4.69, 9.17) is 4.74 Å². The number of nitrogens with one attached hydrogen (secondary N) is 1. The fourth-order valence-electron chi connectivity index (χ4n) is 4.96. The van der Waals surface area contributed by atoms with Crippen LogP contribution in [0.4, 0.5) is 4.39 Å². The summed E-state index contributed by atoms with van der Waals surface area (Å²) in [5.41, 5.74) is -0.303. The maximum absolute atomic E-state index is 14.3. The number of ether oxygens (including phenoxy) is 1. The number of hydrogen-bond acceptors (Lipinski definition) is 5. The molecule has 1 atom stereocenters. The van der Waals surface area contributed by atoms with Crippen molar-refractivity contribution < 1.29 is 13.9 Å². The van der Waals surface area contributed by atoms with Crippen molar-refractivity contribution in [3.63, 3.8) is 0 Å². The van der Waals surface area contributed by atoms with Gasteiger partial charge in [-0.15, -0.1) is 0 Å². The number of aromatic amines is 1. The zero-order valence-electron chi connectivity index (χ0n) is 18.3. The molecule has 1 aromatic carbocycles. The summed E-state index contributed by atoms with van der Waals surface area (Å²) in [6.45, 7) is 3.87. The van der Waals surface area contributed by atoms with Crippen LogP contribution >= 0.6 is 0 Å². The molecule has 0 saturated carbocycles. The predicted molar refractivity (Wildman–Crippen MR) is 117 cm³/mol. The highest BCUT2D eigenvalue weighted by Gasteiger charge is 2.42. The van der Waals surface area contributed by atoms with Crippen molar-refractivity contribution in [2.24, 2.45) is 5.41 Å². The van der Waals surface area contributed by atoms with Crippen LogP contribution in [0, 0.1) is 11.2 Å². The highest BCUT2D eigenvalue weighted by molar-refractivity contribution is 5.76. The minimum atomic E-state index is -0.504. The van der Waals surface area contributed by atoms with E-state index in [1.807, 2.05) is 4.90 Å². The Hall–Kier alpha value is -2.94. The average molecular weight is 445 g/mol. The second-order valence-corrected chi connectivity index (χ2v) is 8.89. The number of piperidine rings is 1. The van der Waals surface area contributed by atoms with Crippen LogP contribution in [0.1, 0.15) is 31.2 Å². The van der Waals surface area contributed by atoms with Gasteiger partial charge in [-0.05, 0) is 44.0 Å². The van der Waals surface area contributed by atoms with E-state index in [-0.39, 0.29) is 30.1 Å². The normalized spacial score (nSPS) is 21.2. The van der Waals surface area contributed by atoms with E-state index in [2.05, 4.69) is 9.88 Å². The number of carbonyl (C=O) groups excluding carboxylic acids is 1. The van der Waals surface area contributed by atoms with E-state index in [1.54, 1.807) is 19.2 Å². The SMILES string of the molecule is COc1ccc(F)c(CN2CCCC3(CCN(C(=O)CCn4ccc(=O)[nH]c4=O)C3)C2)c1. The van der Waals surface area contributed by atoms with Gasteiger partial charge in [0.2, 0.25) is 5.91 Å². The molecule has 2 fully saturated rings. The molecule has 172 valence electrons. The lowest BCUT2D eigenvalue weighted by atomic mass is 9.79. The molecule has 2 aromatic rings. The van der Waals surface area contributed by atoms with Gasteiger partial charge in [0.15, 0.2) is 0 Å². The topological polar surface area (TPSA) is 87.6 Å². The van der Waals surface area contributed by atoms with Crippen molar-refractivity contribution in [2.45, 2.75) is 38.8 Å². The third-order valence-corrected chi connectivity index (χ3v) is 6.64. The molecule has 9 heteroatoms. The summed E-state index contributed by atoms with van der Waals surface area (Å²) in [5.74, 6) is 0.425.